The summed E-state index contributed by atoms with van der Waals surface area (Å²) in [5.74, 6) is -0.0956. The summed E-state index contributed by atoms with van der Waals surface area (Å²) in [7, 11) is 0. The second kappa shape index (κ2) is 4.83. The van der Waals surface area contributed by atoms with Crippen molar-refractivity contribution >= 4 is 23.1 Å². The highest BCUT2D eigenvalue weighted by Gasteiger charge is 2.14. The third-order valence-corrected chi connectivity index (χ3v) is 3.11. The van der Waals surface area contributed by atoms with E-state index in [4.69, 9.17) is 17.3 Å². The van der Waals surface area contributed by atoms with E-state index < -0.39 is 0 Å². The van der Waals surface area contributed by atoms with Crippen LogP contribution in [0, 0.1) is 13.8 Å². The molecular formula is C15H14ClNO. The van der Waals surface area contributed by atoms with Crippen LogP contribution in [0.15, 0.2) is 36.4 Å². The molecule has 0 saturated heterocycles. The molecule has 0 aliphatic rings. The summed E-state index contributed by atoms with van der Waals surface area (Å²) in [5, 5.41) is 0.408. The molecule has 2 aromatic carbocycles. The van der Waals surface area contributed by atoms with Gasteiger partial charge in [0.25, 0.3) is 0 Å². The lowest BCUT2D eigenvalue weighted by Gasteiger charge is -2.08. The van der Waals surface area contributed by atoms with Crippen molar-refractivity contribution in [3.05, 3.63) is 63.7 Å². The summed E-state index contributed by atoms with van der Waals surface area (Å²) in [6.45, 7) is 3.93. The van der Waals surface area contributed by atoms with Gasteiger partial charge in [-0.15, -0.1) is 0 Å². The highest BCUT2D eigenvalue weighted by atomic mass is 35.5. The van der Waals surface area contributed by atoms with Crippen molar-refractivity contribution in [2.75, 3.05) is 5.73 Å². The Kier molecular flexibility index (Phi) is 3.39. The van der Waals surface area contributed by atoms with Gasteiger partial charge in [0, 0.05) is 11.1 Å². The summed E-state index contributed by atoms with van der Waals surface area (Å²) in [6.07, 6.45) is 0. The van der Waals surface area contributed by atoms with E-state index in [1.807, 2.05) is 32.0 Å². The SMILES string of the molecule is Cc1cc(C)cc(C(=O)c2cccc(Cl)c2N)c1. The zero-order valence-corrected chi connectivity index (χ0v) is 11.1. The number of benzene rings is 2. The van der Waals surface area contributed by atoms with Crippen molar-refractivity contribution in [1.29, 1.82) is 0 Å². The van der Waals surface area contributed by atoms with E-state index in [0.717, 1.165) is 11.1 Å². The Morgan fingerprint density at radius 2 is 1.72 bits per heavy atom. The molecule has 0 amide bonds. The van der Waals surface area contributed by atoms with Crippen LogP contribution in [0.4, 0.5) is 5.69 Å². The van der Waals surface area contributed by atoms with Gasteiger partial charge in [-0.2, -0.15) is 0 Å². The van der Waals surface area contributed by atoms with Gasteiger partial charge in [-0.25, -0.2) is 0 Å². The molecule has 0 saturated carbocycles. The summed E-state index contributed by atoms with van der Waals surface area (Å²) < 4.78 is 0. The van der Waals surface area contributed by atoms with Crippen LogP contribution in [0.25, 0.3) is 0 Å². The van der Waals surface area contributed by atoms with Crippen LogP contribution in [0.1, 0.15) is 27.0 Å². The first-order chi connectivity index (χ1) is 8.49. The van der Waals surface area contributed by atoms with Crippen LogP contribution in [-0.2, 0) is 0 Å². The molecule has 0 unspecified atom stereocenters. The van der Waals surface area contributed by atoms with Crippen LogP contribution >= 0.6 is 11.6 Å². The van der Waals surface area contributed by atoms with E-state index in [2.05, 4.69) is 0 Å². The highest BCUT2D eigenvalue weighted by Crippen LogP contribution is 2.25. The number of aryl methyl sites for hydroxylation is 2. The molecule has 18 heavy (non-hydrogen) atoms. The van der Waals surface area contributed by atoms with Gasteiger partial charge in [0.05, 0.1) is 10.7 Å². The average molecular weight is 260 g/mol. The lowest BCUT2D eigenvalue weighted by atomic mass is 9.98. The minimum Gasteiger partial charge on any atom is -0.397 e. The Labute approximate surface area is 111 Å². The summed E-state index contributed by atoms with van der Waals surface area (Å²) in [4.78, 5) is 12.4. The Morgan fingerprint density at radius 1 is 1.11 bits per heavy atom. The van der Waals surface area contributed by atoms with Crippen molar-refractivity contribution in [3.8, 4) is 0 Å². The molecule has 0 aliphatic carbocycles. The lowest BCUT2D eigenvalue weighted by molar-refractivity contribution is 0.103. The minimum atomic E-state index is -0.0956. The van der Waals surface area contributed by atoms with E-state index in [1.165, 1.54) is 0 Å². The van der Waals surface area contributed by atoms with Gasteiger partial charge in [0.2, 0.25) is 0 Å². The fourth-order valence-corrected chi connectivity index (χ4v) is 2.17. The molecule has 0 spiro atoms. The monoisotopic (exact) mass is 259 g/mol. The van der Waals surface area contributed by atoms with Crippen LogP contribution in [0.5, 0.6) is 0 Å². The Morgan fingerprint density at radius 3 is 2.33 bits per heavy atom. The second-order valence-corrected chi connectivity index (χ2v) is 4.81. The fraction of sp³-hybridized carbons (Fsp3) is 0.133. The first-order valence-electron chi connectivity index (χ1n) is 5.66. The summed E-state index contributed by atoms with van der Waals surface area (Å²) >= 11 is 5.93. The third-order valence-electron chi connectivity index (χ3n) is 2.78. The van der Waals surface area contributed by atoms with E-state index in [9.17, 15) is 4.79 Å². The maximum absolute atomic E-state index is 12.4. The molecule has 2 nitrogen and oxygen atoms in total. The molecule has 0 aliphatic heterocycles. The van der Waals surface area contributed by atoms with Crippen LogP contribution < -0.4 is 5.73 Å². The predicted octanol–water partition coefficient (Wildman–Crippen LogP) is 3.77. The van der Waals surface area contributed by atoms with Crippen molar-refractivity contribution in [3.63, 3.8) is 0 Å². The normalized spacial score (nSPS) is 10.4. The first-order valence-corrected chi connectivity index (χ1v) is 6.04. The number of ketones is 1. The second-order valence-electron chi connectivity index (χ2n) is 4.41. The molecule has 0 fully saturated rings. The van der Waals surface area contributed by atoms with E-state index in [-0.39, 0.29) is 5.78 Å². The summed E-state index contributed by atoms with van der Waals surface area (Å²) in [5.41, 5.74) is 9.38. The van der Waals surface area contributed by atoms with Gasteiger partial charge < -0.3 is 5.73 Å². The molecule has 0 atom stereocenters. The summed E-state index contributed by atoms with van der Waals surface area (Å²) in [6, 6.07) is 10.8. The molecule has 2 N–H and O–H groups in total. The predicted molar refractivity (Wildman–Crippen MR) is 75.2 cm³/mol. The largest absolute Gasteiger partial charge is 0.397 e. The van der Waals surface area contributed by atoms with Crippen LogP contribution in [0.3, 0.4) is 0 Å². The third kappa shape index (κ3) is 2.39. The Bertz CT molecular complexity index is 600. The number of carbonyl (C=O) groups excluding carboxylic acids is 1. The Hall–Kier alpha value is -1.80. The number of nitrogens with two attached hydrogens (primary N) is 1. The molecule has 92 valence electrons. The molecule has 0 bridgehead atoms. The highest BCUT2D eigenvalue weighted by molar-refractivity contribution is 6.34. The van der Waals surface area contributed by atoms with Gasteiger partial charge in [-0.05, 0) is 38.1 Å². The van der Waals surface area contributed by atoms with Gasteiger partial charge in [-0.1, -0.05) is 34.9 Å². The zero-order valence-electron chi connectivity index (χ0n) is 10.3. The molecule has 3 heteroatoms. The number of rotatable bonds is 2. The number of halogens is 1. The van der Waals surface area contributed by atoms with E-state index in [0.29, 0.717) is 21.8 Å². The van der Waals surface area contributed by atoms with Crippen LogP contribution in [0.2, 0.25) is 5.02 Å². The molecule has 0 heterocycles. The quantitative estimate of drug-likeness (QED) is 0.659. The maximum Gasteiger partial charge on any atom is 0.195 e. The number of carbonyl (C=O) groups is 1. The molecule has 0 radical (unpaired) electrons. The van der Waals surface area contributed by atoms with Crippen LogP contribution in [-0.4, -0.2) is 5.78 Å². The van der Waals surface area contributed by atoms with Gasteiger partial charge in [-0.3, -0.25) is 4.79 Å². The van der Waals surface area contributed by atoms with Gasteiger partial charge >= 0.3 is 0 Å². The maximum atomic E-state index is 12.4. The standard InChI is InChI=1S/C15H14ClNO/c1-9-6-10(2)8-11(7-9)15(18)12-4-3-5-13(16)14(12)17/h3-8H,17H2,1-2H3. The molecular weight excluding hydrogens is 246 g/mol. The molecule has 2 aromatic rings. The van der Waals surface area contributed by atoms with Crippen molar-refractivity contribution < 1.29 is 4.79 Å². The number of para-hydroxylation sites is 1. The van der Waals surface area contributed by atoms with Gasteiger partial charge in [0.1, 0.15) is 0 Å². The number of nitrogen functional groups attached to an aromatic ring is 1. The smallest absolute Gasteiger partial charge is 0.195 e. The van der Waals surface area contributed by atoms with Crippen molar-refractivity contribution in [2.45, 2.75) is 13.8 Å². The zero-order chi connectivity index (χ0) is 13.3. The first kappa shape index (κ1) is 12.7. The minimum absolute atomic E-state index is 0.0956. The van der Waals surface area contributed by atoms with Crippen molar-refractivity contribution in [2.24, 2.45) is 0 Å². The number of hydrogen-bond acceptors (Lipinski definition) is 2. The Balaban J connectivity index is 2.51. The van der Waals surface area contributed by atoms with E-state index in [1.54, 1.807) is 18.2 Å². The lowest BCUT2D eigenvalue weighted by Crippen LogP contribution is -2.06. The molecule has 0 aromatic heterocycles. The van der Waals surface area contributed by atoms with Crippen molar-refractivity contribution in [1.82, 2.24) is 0 Å². The van der Waals surface area contributed by atoms with Gasteiger partial charge in [0.15, 0.2) is 5.78 Å². The molecule has 2 rings (SSSR count). The number of anilines is 1. The topological polar surface area (TPSA) is 43.1 Å². The fourth-order valence-electron chi connectivity index (χ4n) is 2.00. The van der Waals surface area contributed by atoms with E-state index >= 15 is 0 Å². The average Bonchev–Trinajstić information content (AvgIpc) is 2.30. The number of hydrogen-bond donors (Lipinski definition) is 1.